The largest absolute Gasteiger partial charge is 0.488 e. The summed E-state index contributed by atoms with van der Waals surface area (Å²) in [6, 6.07) is 20.8. The van der Waals surface area contributed by atoms with Crippen molar-refractivity contribution >= 4 is 16.5 Å². The summed E-state index contributed by atoms with van der Waals surface area (Å²) in [5.41, 5.74) is 4.09. The highest BCUT2D eigenvalue weighted by atomic mass is 19.4. The number of halogens is 3. The number of nitrogens with zero attached hydrogens (tertiary/aromatic N) is 1. The second kappa shape index (κ2) is 10.4. The molecular weight excluding hydrogens is 465 g/mol. The number of alkyl halides is 3. The number of fused-ring (bicyclic) bond motifs is 1. The van der Waals surface area contributed by atoms with Gasteiger partial charge in [0, 0.05) is 18.1 Å². The molecule has 5 rings (SSSR count). The summed E-state index contributed by atoms with van der Waals surface area (Å²) >= 11 is 0. The summed E-state index contributed by atoms with van der Waals surface area (Å²) in [5, 5.41) is 4.26. The number of pyridine rings is 1. The van der Waals surface area contributed by atoms with Crippen molar-refractivity contribution in [3.63, 3.8) is 0 Å². The normalized spacial score (nSPS) is 13.9. The lowest BCUT2D eigenvalue weighted by Gasteiger charge is -2.20. The van der Waals surface area contributed by atoms with Crippen molar-refractivity contribution < 1.29 is 22.6 Å². The minimum atomic E-state index is -4.47. The van der Waals surface area contributed by atoms with Crippen LogP contribution in [0, 0.1) is 0 Å². The molecule has 7 heteroatoms. The summed E-state index contributed by atoms with van der Waals surface area (Å²) in [6.07, 6.45) is 0.280. The minimum absolute atomic E-state index is 0.0295. The Balaban J connectivity index is 1.40. The van der Waals surface area contributed by atoms with Crippen molar-refractivity contribution in [2.24, 2.45) is 0 Å². The average Bonchev–Trinajstić information content (AvgIpc) is 2.91. The van der Waals surface area contributed by atoms with E-state index < -0.39 is 11.7 Å². The van der Waals surface area contributed by atoms with Crippen LogP contribution < -0.4 is 14.8 Å². The molecule has 0 bridgehead atoms. The monoisotopic (exact) mass is 490 g/mol. The summed E-state index contributed by atoms with van der Waals surface area (Å²) in [4.78, 5) is 4.39. The molecule has 0 spiro atoms. The summed E-state index contributed by atoms with van der Waals surface area (Å²) in [6.45, 7) is 2.01. The Hall–Kier alpha value is -3.84. The maximum Gasteiger partial charge on any atom is 0.419 e. The lowest BCUT2D eigenvalue weighted by molar-refractivity contribution is -0.139. The molecule has 0 amide bonds. The van der Waals surface area contributed by atoms with Crippen LogP contribution in [0.4, 0.5) is 13.2 Å². The molecule has 0 fully saturated rings. The standard InChI is InChI=1S/C29H25F3N2O2/c30-29(31,32)25-6-1-2-8-28(25)35-18-20-10-11-22(24(17-20)21-12-15-33-16-13-21)19-36-27-9-3-7-26-23(27)5-4-14-34-26/h1-12,14,17,33H,13,15-16,18-19H2. The molecule has 0 aliphatic carbocycles. The Bertz CT molecular complexity index is 1390. The number of hydrogen-bond acceptors (Lipinski definition) is 4. The molecule has 1 aliphatic rings. The first-order valence-electron chi connectivity index (χ1n) is 11.8. The van der Waals surface area contributed by atoms with Crippen LogP contribution >= 0.6 is 0 Å². The van der Waals surface area contributed by atoms with Gasteiger partial charge in [0.05, 0.1) is 11.1 Å². The highest BCUT2D eigenvalue weighted by Crippen LogP contribution is 2.36. The number of benzene rings is 3. The predicted molar refractivity (Wildman–Crippen MR) is 134 cm³/mol. The van der Waals surface area contributed by atoms with Gasteiger partial charge in [0.1, 0.15) is 24.7 Å². The van der Waals surface area contributed by atoms with Crippen LogP contribution in [0.3, 0.4) is 0 Å². The van der Waals surface area contributed by atoms with Crippen molar-refractivity contribution in [1.82, 2.24) is 10.3 Å². The number of para-hydroxylation sites is 1. The SMILES string of the molecule is FC(F)(F)c1ccccc1OCc1ccc(COc2cccc3ncccc23)c(C2=CCNCC2)c1. The molecule has 2 heterocycles. The fourth-order valence-electron chi connectivity index (χ4n) is 4.35. The molecule has 0 atom stereocenters. The minimum Gasteiger partial charge on any atom is -0.488 e. The molecule has 0 unspecified atom stereocenters. The van der Waals surface area contributed by atoms with E-state index in [4.69, 9.17) is 9.47 Å². The molecule has 36 heavy (non-hydrogen) atoms. The van der Waals surface area contributed by atoms with Crippen LogP contribution in [0.5, 0.6) is 11.5 Å². The van der Waals surface area contributed by atoms with Gasteiger partial charge in [0.15, 0.2) is 0 Å². The van der Waals surface area contributed by atoms with Gasteiger partial charge < -0.3 is 14.8 Å². The van der Waals surface area contributed by atoms with Crippen molar-refractivity contribution in [2.75, 3.05) is 13.1 Å². The van der Waals surface area contributed by atoms with Crippen LogP contribution in [0.15, 0.2) is 85.1 Å². The van der Waals surface area contributed by atoms with Crippen LogP contribution in [0.2, 0.25) is 0 Å². The van der Waals surface area contributed by atoms with Gasteiger partial charge in [-0.25, -0.2) is 0 Å². The number of rotatable bonds is 7. The van der Waals surface area contributed by atoms with E-state index in [1.54, 1.807) is 12.3 Å². The van der Waals surface area contributed by atoms with E-state index in [2.05, 4.69) is 16.4 Å². The topological polar surface area (TPSA) is 43.4 Å². The Morgan fingerprint density at radius 1 is 0.861 bits per heavy atom. The van der Waals surface area contributed by atoms with E-state index in [-0.39, 0.29) is 12.4 Å². The zero-order chi connectivity index (χ0) is 25.0. The molecule has 1 aliphatic heterocycles. The molecule has 1 aromatic heterocycles. The molecule has 0 radical (unpaired) electrons. The van der Waals surface area contributed by atoms with Crippen molar-refractivity contribution in [3.05, 3.63) is 107 Å². The number of hydrogen-bond donors (Lipinski definition) is 1. The van der Waals surface area contributed by atoms with Gasteiger partial charge in [-0.2, -0.15) is 13.2 Å². The van der Waals surface area contributed by atoms with Gasteiger partial charge in [-0.05, 0) is 77.7 Å². The van der Waals surface area contributed by atoms with Crippen LogP contribution in [-0.2, 0) is 19.4 Å². The van der Waals surface area contributed by atoms with Gasteiger partial charge in [0.2, 0.25) is 0 Å². The maximum atomic E-state index is 13.3. The third kappa shape index (κ3) is 5.36. The number of nitrogens with one attached hydrogen (secondary N) is 1. The first-order chi connectivity index (χ1) is 17.5. The second-order valence-corrected chi connectivity index (χ2v) is 8.57. The summed E-state index contributed by atoms with van der Waals surface area (Å²) in [7, 11) is 0. The first kappa shape index (κ1) is 23.9. The van der Waals surface area contributed by atoms with Crippen molar-refractivity contribution in [1.29, 1.82) is 0 Å². The summed E-state index contributed by atoms with van der Waals surface area (Å²) in [5.74, 6) is 0.576. The third-order valence-electron chi connectivity index (χ3n) is 6.16. The molecular formula is C29H25F3N2O2. The van der Waals surface area contributed by atoms with E-state index in [1.165, 1.54) is 17.7 Å². The summed E-state index contributed by atoms with van der Waals surface area (Å²) < 4.78 is 51.9. The van der Waals surface area contributed by atoms with Crippen LogP contribution in [0.1, 0.15) is 28.7 Å². The lowest BCUT2D eigenvalue weighted by Crippen LogP contribution is -2.20. The Morgan fingerprint density at radius 3 is 2.53 bits per heavy atom. The fraction of sp³-hybridized carbons (Fsp3) is 0.207. The highest BCUT2D eigenvalue weighted by Gasteiger charge is 2.34. The number of ether oxygens (including phenoxy) is 2. The molecule has 0 saturated carbocycles. The predicted octanol–water partition coefficient (Wildman–Crippen LogP) is 6.79. The molecule has 3 aromatic carbocycles. The van der Waals surface area contributed by atoms with E-state index in [0.717, 1.165) is 58.9 Å². The van der Waals surface area contributed by atoms with Gasteiger partial charge in [-0.3, -0.25) is 4.98 Å². The highest BCUT2D eigenvalue weighted by molar-refractivity contribution is 5.84. The van der Waals surface area contributed by atoms with E-state index in [0.29, 0.717) is 6.61 Å². The van der Waals surface area contributed by atoms with E-state index >= 15 is 0 Å². The van der Waals surface area contributed by atoms with Gasteiger partial charge in [0.25, 0.3) is 0 Å². The van der Waals surface area contributed by atoms with E-state index in [9.17, 15) is 13.2 Å². The van der Waals surface area contributed by atoms with Gasteiger partial charge in [-0.15, -0.1) is 0 Å². The van der Waals surface area contributed by atoms with Crippen LogP contribution in [-0.4, -0.2) is 18.1 Å². The average molecular weight is 491 g/mol. The Labute approximate surface area is 207 Å². The Morgan fingerprint density at radius 2 is 1.69 bits per heavy atom. The van der Waals surface area contributed by atoms with Crippen molar-refractivity contribution in [2.45, 2.75) is 25.8 Å². The molecule has 4 nitrogen and oxygen atoms in total. The zero-order valence-electron chi connectivity index (χ0n) is 19.5. The number of aromatic nitrogens is 1. The van der Waals surface area contributed by atoms with Crippen molar-refractivity contribution in [3.8, 4) is 11.5 Å². The molecule has 4 aromatic rings. The van der Waals surface area contributed by atoms with E-state index in [1.807, 2.05) is 48.5 Å². The Kier molecular flexibility index (Phi) is 6.91. The zero-order valence-corrected chi connectivity index (χ0v) is 19.5. The quantitative estimate of drug-likeness (QED) is 0.310. The maximum absolute atomic E-state index is 13.3. The van der Waals surface area contributed by atoms with Gasteiger partial charge in [-0.1, -0.05) is 36.4 Å². The smallest absolute Gasteiger partial charge is 0.419 e. The molecule has 0 saturated heterocycles. The lowest BCUT2D eigenvalue weighted by atomic mass is 9.94. The first-order valence-corrected chi connectivity index (χ1v) is 11.8. The van der Waals surface area contributed by atoms with Gasteiger partial charge >= 0.3 is 6.18 Å². The molecule has 184 valence electrons. The fourth-order valence-corrected chi connectivity index (χ4v) is 4.35. The second-order valence-electron chi connectivity index (χ2n) is 8.57. The third-order valence-corrected chi connectivity index (χ3v) is 6.16. The van der Waals surface area contributed by atoms with Crippen LogP contribution in [0.25, 0.3) is 16.5 Å². The molecule has 1 N–H and O–H groups in total.